The molecule has 1 N–H and O–H groups in total. The van der Waals surface area contributed by atoms with Gasteiger partial charge in [0.05, 0.1) is 0 Å². The van der Waals surface area contributed by atoms with Crippen molar-refractivity contribution < 1.29 is 0 Å². The van der Waals surface area contributed by atoms with Gasteiger partial charge in [0.2, 0.25) is 0 Å². The first kappa shape index (κ1) is 10.1. The van der Waals surface area contributed by atoms with E-state index in [-0.39, 0.29) is 0 Å². The first-order chi connectivity index (χ1) is 3.33. The van der Waals surface area contributed by atoms with E-state index in [0.717, 1.165) is 0 Å². The summed E-state index contributed by atoms with van der Waals surface area (Å²) in [6.45, 7) is 1.87. The first-order valence-electron chi connectivity index (χ1n) is 2.13. The highest BCUT2D eigenvalue weighted by atomic mass is 35.5. The van der Waals surface area contributed by atoms with Gasteiger partial charge in [-0.2, -0.15) is 0 Å². The van der Waals surface area contributed by atoms with E-state index in [1.807, 2.05) is 21.0 Å². The average Bonchev–Trinajstić information content (AvgIpc) is 1.69. The van der Waals surface area contributed by atoms with Crippen LogP contribution in [0.4, 0.5) is 0 Å². The largest absolute Gasteiger partial charge is 0.323 e. The maximum absolute atomic E-state index is 5.01. The zero-order chi connectivity index (χ0) is 6.12. The third-order valence-electron chi connectivity index (χ3n) is 0.126. The van der Waals surface area contributed by atoms with Crippen LogP contribution in [0.5, 0.6) is 0 Å². The van der Waals surface area contributed by atoms with Gasteiger partial charge >= 0.3 is 0 Å². The van der Waals surface area contributed by atoms with Crippen molar-refractivity contribution in [3.05, 3.63) is 11.6 Å². The predicted molar refractivity (Wildman–Crippen MR) is 35.7 cm³/mol. The molecule has 0 aromatic carbocycles. The average molecular weight is 122 g/mol. The molecule has 0 aliphatic rings. The summed E-state index contributed by atoms with van der Waals surface area (Å²) < 4.78 is 0. The van der Waals surface area contributed by atoms with Crippen LogP contribution in [-0.4, -0.2) is 14.1 Å². The first-order valence-corrected chi connectivity index (χ1v) is 2.57. The van der Waals surface area contributed by atoms with Gasteiger partial charge in [0.25, 0.3) is 0 Å². The van der Waals surface area contributed by atoms with Crippen LogP contribution in [0.2, 0.25) is 0 Å². The van der Waals surface area contributed by atoms with E-state index in [1.54, 1.807) is 6.08 Å². The quantitative estimate of drug-likeness (QED) is 0.513. The summed E-state index contributed by atoms with van der Waals surface area (Å²) >= 11 is 5.01. The fraction of sp³-hybridized carbons (Fsp3) is 0.600. The summed E-state index contributed by atoms with van der Waals surface area (Å²) in [6.07, 6.45) is 1.77. The molecule has 2 heteroatoms. The van der Waals surface area contributed by atoms with Gasteiger partial charge in [-0.15, -0.1) is 0 Å². The Morgan fingerprint density at radius 3 is 1.57 bits per heavy atom. The number of hydrogen-bond donors (Lipinski definition) is 1. The van der Waals surface area contributed by atoms with Crippen molar-refractivity contribution in [2.24, 2.45) is 0 Å². The number of hydrogen-bond acceptors (Lipinski definition) is 1. The summed E-state index contributed by atoms with van der Waals surface area (Å²) in [4.78, 5) is 0. The number of nitrogens with one attached hydrogen (secondary N) is 1. The van der Waals surface area contributed by atoms with Crippen molar-refractivity contribution in [2.75, 3.05) is 14.1 Å². The van der Waals surface area contributed by atoms with E-state index >= 15 is 0 Å². The third kappa shape index (κ3) is 97.3. The molecule has 0 spiro atoms. The van der Waals surface area contributed by atoms with Crippen LogP contribution >= 0.6 is 11.6 Å². The van der Waals surface area contributed by atoms with Crippen LogP contribution in [0.15, 0.2) is 11.6 Å². The molecule has 0 aliphatic heterocycles. The van der Waals surface area contributed by atoms with Gasteiger partial charge in [-0.1, -0.05) is 17.7 Å². The second-order valence-corrected chi connectivity index (χ2v) is 1.21. The van der Waals surface area contributed by atoms with Gasteiger partial charge in [0.1, 0.15) is 0 Å². The molecule has 0 aromatic rings. The highest BCUT2D eigenvalue weighted by Crippen LogP contribution is 1.70. The Bertz CT molecular complexity index is 31.1. The van der Waals surface area contributed by atoms with E-state index in [2.05, 4.69) is 5.32 Å². The zero-order valence-corrected chi connectivity index (χ0v) is 5.79. The van der Waals surface area contributed by atoms with E-state index in [1.165, 1.54) is 5.54 Å². The molecule has 0 fully saturated rings. The Hall–Kier alpha value is -0.0100. The predicted octanol–water partition coefficient (Wildman–Crippen LogP) is 1.59. The number of rotatable bonds is 0. The van der Waals surface area contributed by atoms with Gasteiger partial charge in [-0.05, 0) is 26.6 Å². The number of allylic oxidation sites excluding steroid dienone is 1. The highest BCUT2D eigenvalue weighted by molar-refractivity contribution is 6.25. The lowest BCUT2D eigenvalue weighted by Gasteiger charge is -1.59. The normalized spacial score (nSPS) is 8.00. The van der Waals surface area contributed by atoms with Gasteiger partial charge in [0.15, 0.2) is 0 Å². The lowest BCUT2D eigenvalue weighted by Crippen LogP contribution is -1.89. The SMILES string of the molecule is CC=CCl.CNC. The molecule has 0 bridgehead atoms. The van der Waals surface area contributed by atoms with E-state index in [4.69, 9.17) is 11.6 Å². The van der Waals surface area contributed by atoms with Gasteiger partial charge in [-0.25, -0.2) is 0 Å². The minimum atomic E-state index is 1.47. The molecular weight excluding hydrogens is 110 g/mol. The van der Waals surface area contributed by atoms with Crippen molar-refractivity contribution in [3.8, 4) is 0 Å². The van der Waals surface area contributed by atoms with Crippen molar-refractivity contribution in [2.45, 2.75) is 6.92 Å². The summed E-state index contributed by atoms with van der Waals surface area (Å²) in [5, 5.41) is 2.75. The third-order valence-corrected chi connectivity index (χ3v) is 0.378. The molecule has 0 rings (SSSR count). The van der Waals surface area contributed by atoms with E-state index in [0.29, 0.717) is 0 Å². The molecular formula is C5H12ClN. The standard InChI is InChI=1S/C3H5Cl.C2H7N/c1-2-3-4;1-3-2/h2-3H,1H3;3H,1-2H3. The van der Waals surface area contributed by atoms with Crippen molar-refractivity contribution in [1.82, 2.24) is 5.32 Å². The molecule has 44 valence electrons. The van der Waals surface area contributed by atoms with Crippen molar-refractivity contribution in [3.63, 3.8) is 0 Å². The maximum atomic E-state index is 5.01. The molecule has 0 aliphatic carbocycles. The Balaban J connectivity index is 0. The fourth-order valence-corrected chi connectivity index (χ4v) is 0. The molecule has 0 aromatic heterocycles. The fourth-order valence-electron chi connectivity index (χ4n) is 0. The summed E-state index contributed by atoms with van der Waals surface area (Å²) in [6, 6.07) is 0. The van der Waals surface area contributed by atoms with Crippen LogP contribution in [0.3, 0.4) is 0 Å². The van der Waals surface area contributed by atoms with Gasteiger partial charge in [0, 0.05) is 0 Å². The van der Waals surface area contributed by atoms with Crippen LogP contribution < -0.4 is 5.32 Å². The van der Waals surface area contributed by atoms with Gasteiger partial charge < -0.3 is 5.32 Å². The molecule has 7 heavy (non-hydrogen) atoms. The second-order valence-electron chi connectivity index (χ2n) is 0.959. The smallest absolute Gasteiger partial charge is 0.0000330 e. The Morgan fingerprint density at radius 2 is 1.57 bits per heavy atom. The highest BCUT2D eigenvalue weighted by Gasteiger charge is 1.37. The van der Waals surface area contributed by atoms with Crippen LogP contribution in [0.1, 0.15) is 6.92 Å². The zero-order valence-electron chi connectivity index (χ0n) is 5.03. The van der Waals surface area contributed by atoms with E-state index < -0.39 is 0 Å². The number of halogens is 1. The minimum Gasteiger partial charge on any atom is -0.323 e. The summed E-state index contributed by atoms with van der Waals surface area (Å²) in [5.74, 6) is 0. The minimum absolute atomic E-state index is 1.47. The van der Waals surface area contributed by atoms with Crippen LogP contribution in [0.25, 0.3) is 0 Å². The lowest BCUT2D eigenvalue weighted by molar-refractivity contribution is 1.02. The molecule has 0 saturated carbocycles. The van der Waals surface area contributed by atoms with E-state index in [9.17, 15) is 0 Å². The Kier molecular flexibility index (Phi) is 24.0. The van der Waals surface area contributed by atoms with Gasteiger partial charge in [-0.3, -0.25) is 0 Å². The molecule has 0 atom stereocenters. The Morgan fingerprint density at radius 1 is 1.43 bits per heavy atom. The molecule has 1 nitrogen and oxygen atoms in total. The summed E-state index contributed by atoms with van der Waals surface area (Å²) in [5.41, 5.74) is 1.47. The Labute approximate surface area is 50.4 Å². The second kappa shape index (κ2) is 16.7. The lowest BCUT2D eigenvalue weighted by atomic mass is 10.8. The summed E-state index contributed by atoms with van der Waals surface area (Å²) in [7, 11) is 3.75. The maximum Gasteiger partial charge on any atom is -0.0000330 e. The molecule has 0 saturated heterocycles. The van der Waals surface area contributed by atoms with Crippen LogP contribution in [0, 0.1) is 0 Å². The molecule has 0 amide bonds. The molecule has 0 unspecified atom stereocenters. The topological polar surface area (TPSA) is 12.0 Å². The molecule has 0 heterocycles. The van der Waals surface area contributed by atoms with Crippen molar-refractivity contribution in [1.29, 1.82) is 0 Å². The van der Waals surface area contributed by atoms with Crippen LogP contribution in [-0.2, 0) is 0 Å². The monoisotopic (exact) mass is 121 g/mol. The van der Waals surface area contributed by atoms with Crippen molar-refractivity contribution >= 4 is 11.6 Å². The molecule has 0 radical (unpaired) electrons.